The number of benzene rings is 2. The zero-order valence-corrected chi connectivity index (χ0v) is 15.8. The van der Waals surface area contributed by atoms with Crippen LogP contribution in [0.15, 0.2) is 47.3 Å². The molecule has 0 saturated carbocycles. The van der Waals surface area contributed by atoms with E-state index in [4.69, 9.17) is 9.47 Å². The highest BCUT2D eigenvalue weighted by Gasteiger charge is 2.13. The zero-order valence-electron chi connectivity index (χ0n) is 15.8. The molecule has 0 fully saturated rings. The molecule has 3 aromatic rings. The van der Waals surface area contributed by atoms with Crippen LogP contribution in [0.25, 0.3) is 10.9 Å². The molecule has 2 aromatic carbocycles. The van der Waals surface area contributed by atoms with Crippen molar-refractivity contribution in [1.82, 2.24) is 4.57 Å². The van der Waals surface area contributed by atoms with Crippen molar-refractivity contribution in [2.24, 2.45) is 0 Å². The lowest BCUT2D eigenvalue weighted by Crippen LogP contribution is -2.15. The van der Waals surface area contributed by atoms with E-state index in [-0.39, 0.29) is 11.3 Å². The minimum Gasteiger partial charge on any atom is -0.497 e. The Labute approximate surface area is 157 Å². The molecule has 0 radical (unpaired) electrons. The summed E-state index contributed by atoms with van der Waals surface area (Å²) in [4.78, 5) is 25.1. The summed E-state index contributed by atoms with van der Waals surface area (Å²) in [5, 5.41) is 3.34. The average molecular weight is 366 g/mol. The SMILES string of the molecule is CCn1c(C)cc(=O)c2cc(C(=O)Nc3cc(OC)ccc3OC)ccc21. The van der Waals surface area contributed by atoms with Crippen LogP contribution in [0.5, 0.6) is 11.5 Å². The van der Waals surface area contributed by atoms with Crippen molar-refractivity contribution < 1.29 is 14.3 Å². The third-order valence-corrected chi connectivity index (χ3v) is 4.55. The third kappa shape index (κ3) is 3.51. The van der Waals surface area contributed by atoms with Gasteiger partial charge in [0.05, 0.1) is 25.4 Å². The number of nitrogens with one attached hydrogen (secondary N) is 1. The molecular weight excluding hydrogens is 344 g/mol. The van der Waals surface area contributed by atoms with E-state index >= 15 is 0 Å². The van der Waals surface area contributed by atoms with Gasteiger partial charge in [-0.2, -0.15) is 0 Å². The fourth-order valence-electron chi connectivity index (χ4n) is 3.17. The topological polar surface area (TPSA) is 69.6 Å². The first kappa shape index (κ1) is 18.5. The van der Waals surface area contributed by atoms with Crippen LogP contribution in [0.3, 0.4) is 0 Å². The van der Waals surface area contributed by atoms with E-state index in [0.717, 1.165) is 17.8 Å². The van der Waals surface area contributed by atoms with Crippen LogP contribution in [-0.2, 0) is 6.54 Å². The minimum atomic E-state index is -0.327. The Bertz CT molecular complexity index is 1070. The molecule has 0 aliphatic rings. The number of aromatic nitrogens is 1. The van der Waals surface area contributed by atoms with Crippen molar-refractivity contribution in [1.29, 1.82) is 0 Å². The predicted octanol–water partition coefficient (Wildman–Crippen LogP) is 3.60. The molecule has 0 atom stereocenters. The van der Waals surface area contributed by atoms with Gasteiger partial charge >= 0.3 is 0 Å². The zero-order chi connectivity index (χ0) is 19.6. The van der Waals surface area contributed by atoms with E-state index in [1.807, 2.05) is 24.5 Å². The van der Waals surface area contributed by atoms with Gasteiger partial charge in [-0.1, -0.05) is 0 Å². The fraction of sp³-hybridized carbons (Fsp3) is 0.238. The van der Waals surface area contributed by atoms with E-state index in [9.17, 15) is 9.59 Å². The fourth-order valence-corrected chi connectivity index (χ4v) is 3.17. The molecule has 6 nitrogen and oxygen atoms in total. The third-order valence-electron chi connectivity index (χ3n) is 4.55. The number of pyridine rings is 1. The van der Waals surface area contributed by atoms with Crippen molar-refractivity contribution in [2.75, 3.05) is 19.5 Å². The van der Waals surface area contributed by atoms with Gasteiger partial charge in [-0.3, -0.25) is 9.59 Å². The first-order valence-electron chi connectivity index (χ1n) is 8.66. The van der Waals surface area contributed by atoms with Gasteiger partial charge in [0.2, 0.25) is 0 Å². The van der Waals surface area contributed by atoms with Gasteiger partial charge in [-0.05, 0) is 44.2 Å². The Balaban J connectivity index is 2.01. The molecule has 140 valence electrons. The first-order chi connectivity index (χ1) is 13.0. The van der Waals surface area contributed by atoms with E-state index in [1.54, 1.807) is 43.5 Å². The van der Waals surface area contributed by atoms with Crippen molar-refractivity contribution >= 4 is 22.5 Å². The smallest absolute Gasteiger partial charge is 0.255 e. The number of carbonyl (C=O) groups excluding carboxylic acids is 1. The number of rotatable bonds is 5. The van der Waals surface area contributed by atoms with Crippen molar-refractivity contribution in [3.63, 3.8) is 0 Å². The van der Waals surface area contributed by atoms with E-state index < -0.39 is 0 Å². The monoisotopic (exact) mass is 366 g/mol. The molecule has 0 unspecified atom stereocenters. The molecule has 3 rings (SSSR count). The summed E-state index contributed by atoms with van der Waals surface area (Å²) < 4.78 is 12.5. The normalized spacial score (nSPS) is 10.7. The molecule has 0 aliphatic heterocycles. The second kappa shape index (κ2) is 7.53. The maximum absolute atomic E-state index is 12.7. The van der Waals surface area contributed by atoms with Crippen molar-refractivity contribution in [3.8, 4) is 11.5 Å². The Morgan fingerprint density at radius 3 is 2.52 bits per heavy atom. The Morgan fingerprint density at radius 1 is 1.07 bits per heavy atom. The van der Waals surface area contributed by atoms with Crippen LogP contribution in [0.2, 0.25) is 0 Å². The number of amides is 1. The van der Waals surface area contributed by atoms with E-state index in [0.29, 0.717) is 28.1 Å². The summed E-state index contributed by atoms with van der Waals surface area (Å²) >= 11 is 0. The van der Waals surface area contributed by atoms with Crippen LogP contribution in [-0.4, -0.2) is 24.7 Å². The number of hydrogen-bond donors (Lipinski definition) is 1. The molecule has 1 aromatic heterocycles. The minimum absolute atomic E-state index is 0.0965. The Hall–Kier alpha value is -3.28. The first-order valence-corrected chi connectivity index (χ1v) is 8.66. The van der Waals surface area contributed by atoms with Gasteiger partial charge in [0.15, 0.2) is 5.43 Å². The molecule has 0 bridgehead atoms. The maximum Gasteiger partial charge on any atom is 0.255 e. The average Bonchev–Trinajstić information content (AvgIpc) is 2.67. The van der Waals surface area contributed by atoms with Crippen LogP contribution < -0.4 is 20.2 Å². The number of anilines is 1. The van der Waals surface area contributed by atoms with Gasteiger partial charge in [-0.15, -0.1) is 0 Å². The lowest BCUT2D eigenvalue weighted by atomic mass is 10.1. The molecule has 0 aliphatic carbocycles. The number of nitrogens with zero attached hydrogens (tertiary/aromatic N) is 1. The number of methoxy groups -OCH3 is 2. The van der Waals surface area contributed by atoms with Crippen LogP contribution >= 0.6 is 0 Å². The molecule has 1 N–H and O–H groups in total. The lowest BCUT2D eigenvalue weighted by molar-refractivity contribution is 0.102. The summed E-state index contributed by atoms with van der Waals surface area (Å²) in [6.45, 7) is 4.67. The summed E-state index contributed by atoms with van der Waals surface area (Å²) in [6, 6.07) is 11.9. The van der Waals surface area contributed by atoms with Gasteiger partial charge in [0.25, 0.3) is 5.91 Å². The quantitative estimate of drug-likeness (QED) is 0.749. The van der Waals surface area contributed by atoms with Crippen LogP contribution in [0.4, 0.5) is 5.69 Å². The molecule has 0 spiro atoms. The van der Waals surface area contributed by atoms with Gasteiger partial charge in [0, 0.05) is 35.3 Å². The highest BCUT2D eigenvalue weighted by molar-refractivity contribution is 6.07. The van der Waals surface area contributed by atoms with Crippen molar-refractivity contribution in [3.05, 3.63) is 63.9 Å². The number of ether oxygens (including phenoxy) is 2. The standard InChI is InChI=1S/C21H22N2O4/c1-5-23-13(2)10-19(24)16-11-14(6-8-18(16)23)21(25)22-17-12-15(26-3)7-9-20(17)27-4/h6-12H,5H2,1-4H3,(H,22,25). The second-order valence-electron chi connectivity index (χ2n) is 6.15. The molecule has 0 saturated heterocycles. The summed E-state index contributed by atoms with van der Waals surface area (Å²) in [5.41, 5.74) is 2.51. The molecular formula is C21H22N2O4. The Morgan fingerprint density at radius 2 is 1.85 bits per heavy atom. The van der Waals surface area contributed by atoms with Gasteiger partial charge in [-0.25, -0.2) is 0 Å². The summed E-state index contributed by atoms with van der Waals surface area (Å²) in [6.07, 6.45) is 0. The van der Waals surface area contributed by atoms with Crippen LogP contribution in [0, 0.1) is 6.92 Å². The maximum atomic E-state index is 12.7. The molecule has 1 amide bonds. The van der Waals surface area contributed by atoms with E-state index in [1.165, 1.54) is 7.11 Å². The number of fused-ring (bicyclic) bond motifs is 1. The second-order valence-corrected chi connectivity index (χ2v) is 6.15. The van der Waals surface area contributed by atoms with Gasteiger partial charge in [0.1, 0.15) is 11.5 Å². The highest BCUT2D eigenvalue weighted by Crippen LogP contribution is 2.29. The highest BCUT2D eigenvalue weighted by atomic mass is 16.5. The molecule has 6 heteroatoms. The number of carbonyl (C=O) groups is 1. The largest absolute Gasteiger partial charge is 0.497 e. The Kier molecular flexibility index (Phi) is 5.16. The lowest BCUT2D eigenvalue weighted by Gasteiger charge is -2.14. The summed E-state index contributed by atoms with van der Waals surface area (Å²) in [5.74, 6) is 0.797. The molecule has 1 heterocycles. The van der Waals surface area contributed by atoms with Crippen LogP contribution in [0.1, 0.15) is 23.0 Å². The number of aryl methyl sites for hydroxylation is 2. The number of hydrogen-bond acceptors (Lipinski definition) is 4. The van der Waals surface area contributed by atoms with Gasteiger partial charge < -0.3 is 19.4 Å². The van der Waals surface area contributed by atoms with Crippen molar-refractivity contribution in [2.45, 2.75) is 20.4 Å². The van der Waals surface area contributed by atoms with E-state index in [2.05, 4.69) is 5.32 Å². The molecule has 27 heavy (non-hydrogen) atoms. The summed E-state index contributed by atoms with van der Waals surface area (Å²) in [7, 11) is 3.08. The predicted molar refractivity (Wildman–Crippen MR) is 106 cm³/mol.